The Hall–Kier alpha value is -2.67. The van der Waals surface area contributed by atoms with Gasteiger partial charge in [0.05, 0.1) is 5.54 Å². The number of aliphatic imine (C=N–C) groups is 1. The number of cyclic esters (lactones) is 2. The molecule has 0 spiro atoms. The second-order valence-electron chi connectivity index (χ2n) is 11.7. The third-order valence-electron chi connectivity index (χ3n) is 4.16. The van der Waals surface area contributed by atoms with Gasteiger partial charge in [-0.3, -0.25) is 14.4 Å². The van der Waals surface area contributed by atoms with E-state index in [2.05, 4.69) is 10.9 Å². The van der Waals surface area contributed by atoms with Gasteiger partial charge in [-0.25, -0.2) is 9.79 Å². The minimum absolute atomic E-state index is 0.440. The molecule has 9 heteroatoms. The Balaban J connectivity index is 3.88. The van der Waals surface area contributed by atoms with Crippen molar-refractivity contribution in [2.24, 2.45) is 16.3 Å². The highest BCUT2D eigenvalue weighted by Gasteiger charge is 2.63. The smallest absolute Gasteiger partial charge is 0.344 e. The van der Waals surface area contributed by atoms with E-state index in [1.54, 1.807) is 62.3 Å². The fraction of sp³-hybridized carbons (Fsp3) is 0.750. The Morgan fingerprint density at radius 1 is 0.848 bits per heavy atom. The van der Waals surface area contributed by atoms with Crippen LogP contribution in [0, 0.1) is 11.3 Å². The second-order valence-corrected chi connectivity index (χ2v) is 11.7. The molecule has 1 unspecified atom stereocenters. The van der Waals surface area contributed by atoms with Crippen molar-refractivity contribution in [3.05, 3.63) is 5.57 Å². The van der Waals surface area contributed by atoms with E-state index in [1.807, 2.05) is 0 Å². The van der Waals surface area contributed by atoms with Crippen LogP contribution in [0.15, 0.2) is 10.6 Å². The number of rotatable bonds is 4. The van der Waals surface area contributed by atoms with Crippen molar-refractivity contribution in [3.8, 4) is 0 Å². The SMILES string of the molecule is CC(C)(C)N=C=C(C(=O)OC(C)(C)C)C(C(=O)OC(C)(C)C)C1(C)C(=O)OC(C)(C)OC1=O. The average molecular weight is 468 g/mol. The Morgan fingerprint density at radius 2 is 1.27 bits per heavy atom. The van der Waals surface area contributed by atoms with E-state index in [-0.39, 0.29) is 0 Å². The molecule has 0 radical (unpaired) electrons. The second kappa shape index (κ2) is 8.93. The zero-order valence-corrected chi connectivity index (χ0v) is 21.8. The Kier molecular flexibility index (Phi) is 7.68. The van der Waals surface area contributed by atoms with Crippen LogP contribution in [0.5, 0.6) is 0 Å². The Labute approximate surface area is 195 Å². The zero-order chi connectivity index (χ0) is 26.2. The van der Waals surface area contributed by atoms with Crippen molar-refractivity contribution in [1.29, 1.82) is 0 Å². The summed E-state index contributed by atoms with van der Waals surface area (Å²) in [5.74, 6) is -4.82. The van der Waals surface area contributed by atoms with Gasteiger partial charge in [-0.2, -0.15) is 0 Å². The maximum Gasteiger partial charge on any atom is 0.344 e. The molecule has 0 bridgehead atoms. The monoisotopic (exact) mass is 467 g/mol. The van der Waals surface area contributed by atoms with E-state index < -0.39 is 63.3 Å². The van der Waals surface area contributed by atoms with Gasteiger partial charge in [0.1, 0.15) is 22.7 Å². The van der Waals surface area contributed by atoms with Crippen molar-refractivity contribution < 1.29 is 38.1 Å². The number of hydrogen-bond donors (Lipinski definition) is 0. The maximum absolute atomic E-state index is 13.4. The van der Waals surface area contributed by atoms with E-state index >= 15 is 0 Å². The van der Waals surface area contributed by atoms with Crippen LogP contribution in [0.25, 0.3) is 0 Å². The third kappa shape index (κ3) is 7.70. The summed E-state index contributed by atoms with van der Waals surface area (Å²) in [6.07, 6.45) is 0. The topological polar surface area (TPSA) is 118 Å². The van der Waals surface area contributed by atoms with Crippen LogP contribution in [0.2, 0.25) is 0 Å². The molecule has 1 heterocycles. The van der Waals surface area contributed by atoms with E-state index in [0.29, 0.717) is 0 Å². The molecule has 9 nitrogen and oxygen atoms in total. The van der Waals surface area contributed by atoms with Crippen LogP contribution in [0.4, 0.5) is 0 Å². The van der Waals surface area contributed by atoms with Crippen molar-refractivity contribution in [1.82, 2.24) is 0 Å². The number of carbonyl (C=O) groups excluding carboxylic acids is 4. The molecule has 0 aromatic heterocycles. The van der Waals surface area contributed by atoms with Crippen LogP contribution in [0.3, 0.4) is 0 Å². The highest BCUT2D eigenvalue weighted by Crippen LogP contribution is 2.42. The zero-order valence-electron chi connectivity index (χ0n) is 21.8. The molecule has 33 heavy (non-hydrogen) atoms. The van der Waals surface area contributed by atoms with Gasteiger partial charge in [-0.15, -0.1) is 0 Å². The molecule has 1 aliphatic rings. The molecular weight excluding hydrogens is 430 g/mol. The molecular formula is C24H37NO8. The van der Waals surface area contributed by atoms with Crippen molar-refractivity contribution >= 4 is 29.7 Å². The number of nitrogens with zero attached hydrogens (tertiary/aromatic N) is 1. The van der Waals surface area contributed by atoms with Gasteiger partial charge in [0.25, 0.3) is 5.79 Å². The molecule has 1 saturated heterocycles. The molecule has 0 aromatic carbocycles. The quantitative estimate of drug-likeness (QED) is 0.203. The lowest BCUT2D eigenvalue weighted by Crippen LogP contribution is -2.58. The first-order valence-corrected chi connectivity index (χ1v) is 10.8. The van der Waals surface area contributed by atoms with Gasteiger partial charge in [0.2, 0.25) is 0 Å². The minimum atomic E-state index is -2.25. The van der Waals surface area contributed by atoms with Gasteiger partial charge in [0, 0.05) is 13.8 Å². The van der Waals surface area contributed by atoms with Crippen LogP contribution >= 0.6 is 0 Å². The van der Waals surface area contributed by atoms with Gasteiger partial charge in [-0.1, -0.05) is 0 Å². The molecule has 1 fully saturated rings. The third-order valence-corrected chi connectivity index (χ3v) is 4.16. The highest BCUT2D eigenvalue weighted by atomic mass is 16.7. The normalized spacial score (nSPS) is 18.8. The van der Waals surface area contributed by atoms with Crippen LogP contribution in [-0.4, -0.2) is 52.3 Å². The molecule has 0 aliphatic carbocycles. The molecule has 186 valence electrons. The first kappa shape index (κ1) is 28.4. The summed E-state index contributed by atoms with van der Waals surface area (Å²) in [5, 5.41) is 0. The molecule has 1 atom stereocenters. The Morgan fingerprint density at radius 3 is 1.64 bits per heavy atom. The summed E-state index contributed by atoms with van der Waals surface area (Å²) in [5.41, 5.74) is -5.31. The standard InChI is InChI=1S/C24H37NO8/c1-20(2,3)25-13-14(16(26)30-21(4,5)6)15(17(27)31-22(7,8)9)24(12)18(28)32-23(10,11)33-19(24)29/h15H,1-12H3. The maximum atomic E-state index is 13.4. The van der Waals surface area contributed by atoms with Crippen LogP contribution in [-0.2, 0) is 38.1 Å². The van der Waals surface area contributed by atoms with Gasteiger partial charge >= 0.3 is 23.9 Å². The molecule has 0 amide bonds. The fourth-order valence-electron chi connectivity index (χ4n) is 2.79. The fourth-order valence-corrected chi connectivity index (χ4v) is 2.79. The highest BCUT2D eigenvalue weighted by molar-refractivity contribution is 6.11. The number of esters is 4. The van der Waals surface area contributed by atoms with E-state index in [0.717, 1.165) is 0 Å². The lowest BCUT2D eigenvalue weighted by molar-refractivity contribution is -0.254. The predicted molar refractivity (Wildman–Crippen MR) is 120 cm³/mol. The number of ether oxygens (including phenoxy) is 4. The molecule has 0 aromatic rings. The summed E-state index contributed by atoms with van der Waals surface area (Å²) in [7, 11) is 0. The number of carbonyl (C=O) groups is 4. The van der Waals surface area contributed by atoms with Gasteiger partial charge < -0.3 is 18.9 Å². The van der Waals surface area contributed by atoms with Crippen molar-refractivity contribution in [2.45, 2.75) is 106 Å². The minimum Gasteiger partial charge on any atom is -0.459 e. The summed E-state index contributed by atoms with van der Waals surface area (Å²) in [4.78, 5) is 57.1. The van der Waals surface area contributed by atoms with Crippen LogP contribution < -0.4 is 0 Å². The summed E-state index contributed by atoms with van der Waals surface area (Å²) < 4.78 is 21.5. The average Bonchev–Trinajstić information content (AvgIpc) is 2.51. The van der Waals surface area contributed by atoms with Gasteiger partial charge in [0.15, 0.2) is 5.41 Å². The van der Waals surface area contributed by atoms with Crippen LogP contribution in [0.1, 0.15) is 83.1 Å². The molecule has 0 N–H and O–H groups in total. The van der Waals surface area contributed by atoms with E-state index in [1.165, 1.54) is 20.8 Å². The summed E-state index contributed by atoms with van der Waals surface area (Å²) in [6, 6.07) is 0. The van der Waals surface area contributed by atoms with E-state index in [9.17, 15) is 19.2 Å². The molecule has 1 rings (SSSR count). The lowest BCUT2D eigenvalue weighted by atomic mass is 9.72. The summed E-state index contributed by atoms with van der Waals surface area (Å²) >= 11 is 0. The first-order chi connectivity index (χ1) is 14.5. The molecule has 1 aliphatic heterocycles. The Bertz CT molecular complexity index is 867. The first-order valence-electron chi connectivity index (χ1n) is 10.8. The molecule has 0 saturated carbocycles. The largest absolute Gasteiger partial charge is 0.459 e. The van der Waals surface area contributed by atoms with Crippen molar-refractivity contribution in [2.75, 3.05) is 0 Å². The number of hydrogen-bond acceptors (Lipinski definition) is 9. The predicted octanol–water partition coefficient (Wildman–Crippen LogP) is 3.52. The van der Waals surface area contributed by atoms with Crippen molar-refractivity contribution in [3.63, 3.8) is 0 Å². The lowest BCUT2D eigenvalue weighted by Gasteiger charge is -2.41. The summed E-state index contributed by atoms with van der Waals surface area (Å²) in [6.45, 7) is 19.0. The van der Waals surface area contributed by atoms with E-state index in [4.69, 9.17) is 18.9 Å². The van der Waals surface area contributed by atoms with Gasteiger partial charge in [-0.05, 0) is 75.1 Å².